The Balaban J connectivity index is 1.55. The van der Waals surface area contributed by atoms with Crippen LogP contribution in [0.2, 0.25) is 0 Å². The molecule has 0 saturated carbocycles. The Morgan fingerprint density at radius 3 is 2.77 bits per heavy atom. The molecule has 5 aromatic rings. The molecule has 2 aromatic carbocycles. The van der Waals surface area contributed by atoms with Gasteiger partial charge in [0.15, 0.2) is 0 Å². The molecular formula is C28H25FN6. The van der Waals surface area contributed by atoms with Crippen LogP contribution in [0.25, 0.3) is 49.0 Å². The highest BCUT2D eigenvalue weighted by Gasteiger charge is 2.20. The number of aryl methyl sites for hydroxylation is 1. The van der Waals surface area contributed by atoms with Gasteiger partial charge < -0.3 is 9.88 Å². The van der Waals surface area contributed by atoms with Crippen molar-refractivity contribution in [3.05, 3.63) is 78.3 Å². The van der Waals surface area contributed by atoms with Crippen molar-refractivity contribution < 1.29 is 4.39 Å². The van der Waals surface area contributed by atoms with Gasteiger partial charge in [-0.15, -0.1) is 0 Å². The fourth-order valence-corrected chi connectivity index (χ4v) is 5.22. The molecule has 0 radical (unpaired) electrons. The van der Waals surface area contributed by atoms with Gasteiger partial charge in [-0.1, -0.05) is 18.2 Å². The number of nitrogens with zero attached hydrogens (tertiary/aromatic N) is 5. The number of halogens is 1. The Morgan fingerprint density at radius 2 is 2.00 bits per heavy atom. The summed E-state index contributed by atoms with van der Waals surface area (Å²) in [5, 5.41) is 9.98. The fraction of sp³-hybridized carbons (Fsp3) is 0.250. The van der Waals surface area contributed by atoms with Crippen LogP contribution in [0.5, 0.6) is 0 Å². The lowest BCUT2D eigenvalue weighted by Crippen LogP contribution is -2.14. The van der Waals surface area contributed by atoms with E-state index in [2.05, 4.69) is 57.2 Å². The first kappa shape index (κ1) is 21.5. The summed E-state index contributed by atoms with van der Waals surface area (Å²) in [5.74, 6) is 0.0678. The Kier molecular flexibility index (Phi) is 5.31. The molecular weight excluding hydrogens is 439 g/mol. The van der Waals surface area contributed by atoms with Crippen LogP contribution >= 0.6 is 0 Å². The average molecular weight is 465 g/mol. The van der Waals surface area contributed by atoms with Crippen LogP contribution in [0.1, 0.15) is 13.3 Å². The van der Waals surface area contributed by atoms with Crippen molar-refractivity contribution in [3.8, 4) is 22.4 Å². The van der Waals surface area contributed by atoms with Crippen molar-refractivity contribution in [2.45, 2.75) is 26.4 Å². The van der Waals surface area contributed by atoms with Crippen LogP contribution in [-0.4, -0.2) is 32.4 Å². The largest absolute Gasteiger partial charge is 0.346 e. The zero-order chi connectivity index (χ0) is 23.9. The lowest BCUT2D eigenvalue weighted by molar-refractivity contribution is 0.491. The third kappa shape index (κ3) is 3.67. The summed E-state index contributed by atoms with van der Waals surface area (Å²) in [4.78, 5) is 8.21. The number of hydrogen-bond donors (Lipinski definition) is 1. The summed E-state index contributed by atoms with van der Waals surface area (Å²) in [6.07, 6.45) is 7.07. The van der Waals surface area contributed by atoms with Crippen LogP contribution < -0.4 is 5.32 Å². The van der Waals surface area contributed by atoms with Gasteiger partial charge >= 0.3 is 0 Å². The molecule has 4 heterocycles. The van der Waals surface area contributed by atoms with Crippen molar-refractivity contribution in [3.63, 3.8) is 0 Å². The van der Waals surface area contributed by atoms with Crippen molar-refractivity contribution in [1.29, 1.82) is 0 Å². The smallest absolute Gasteiger partial charge is 0.222 e. The van der Waals surface area contributed by atoms with E-state index in [0.29, 0.717) is 11.5 Å². The van der Waals surface area contributed by atoms with Gasteiger partial charge in [-0.2, -0.15) is 5.10 Å². The van der Waals surface area contributed by atoms with E-state index in [-0.39, 0.29) is 5.69 Å². The number of fused-ring (bicyclic) bond motifs is 2. The number of benzene rings is 2. The molecule has 6 nitrogen and oxygen atoms in total. The zero-order valence-electron chi connectivity index (χ0n) is 19.5. The molecule has 0 spiro atoms. The molecule has 0 unspecified atom stereocenters. The highest BCUT2D eigenvalue weighted by molar-refractivity contribution is 6.02. The third-order valence-corrected chi connectivity index (χ3v) is 7.02. The van der Waals surface area contributed by atoms with E-state index in [4.69, 9.17) is 11.6 Å². The minimum Gasteiger partial charge on any atom is -0.346 e. The van der Waals surface area contributed by atoms with Gasteiger partial charge in [0.05, 0.1) is 35.7 Å². The van der Waals surface area contributed by atoms with Crippen LogP contribution in [0.4, 0.5) is 10.1 Å². The van der Waals surface area contributed by atoms with E-state index < -0.39 is 5.82 Å². The summed E-state index contributed by atoms with van der Waals surface area (Å²) in [6, 6.07) is 13.2. The summed E-state index contributed by atoms with van der Waals surface area (Å²) >= 11 is 0. The molecule has 0 bridgehead atoms. The second-order valence-electron chi connectivity index (χ2n) is 9.12. The maximum Gasteiger partial charge on any atom is 0.222 e. The Bertz CT molecular complexity index is 1600. The Hall–Kier alpha value is -4.02. The molecule has 35 heavy (non-hydrogen) atoms. The minimum absolute atomic E-state index is 0.0233. The first-order chi connectivity index (χ1) is 17.2. The number of hydrogen-bond acceptors (Lipinski definition) is 3. The number of rotatable bonds is 5. The molecule has 174 valence electrons. The predicted octanol–water partition coefficient (Wildman–Crippen LogP) is 6.04. The molecule has 6 rings (SSSR count). The van der Waals surface area contributed by atoms with Gasteiger partial charge in [-0.25, -0.2) is 9.24 Å². The predicted molar refractivity (Wildman–Crippen MR) is 137 cm³/mol. The third-order valence-electron chi connectivity index (χ3n) is 7.02. The second-order valence-corrected chi connectivity index (χ2v) is 9.12. The van der Waals surface area contributed by atoms with Gasteiger partial charge in [0, 0.05) is 41.2 Å². The van der Waals surface area contributed by atoms with Gasteiger partial charge in [0.1, 0.15) is 5.82 Å². The average Bonchev–Trinajstić information content (AvgIpc) is 3.63. The standard InChI is InChI=1S/C28H25FN6/c1-3-35-25-7-5-20(12-21(25)15-33-35)28-27(19-4-6-24(30-2)23(29)13-19)22-9-11-34(26(22)16-32-28)17-18-8-10-31-14-18/h4-7,9,11-13,15-16,18,31H,3,8,10,14,17H2,1H3/t18-/m0/s1. The fourth-order valence-electron chi connectivity index (χ4n) is 5.22. The number of aromatic nitrogens is 4. The summed E-state index contributed by atoms with van der Waals surface area (Å²) in [6.45, 7) is 13.1. The number of nitrogens with one attached hydrogen (secondary N) is 1. The van der Waals surface area contributed by atoms with E-state index in [1.807, 2.05) is 23.1 Å². The first-order valence-electron chi connectivity index (χ1n) is 12.0. The van der Waals surface area contributed by atoms with Gasteiger partial charge in [0.2, 0.25) is 5.69 Å². The maximum atomic E-state index is 14.7. The zero-order valence-corrected chi connectivity index (χ0v) is 19.5. The topological polar surface area (TPSA) is 52.0 Å². The molecule has 1 saturated heterocycles. The molecule has 1 aliphatic rings. The molecule has 1 aliphatic heterocycles. The van der Waals surface area contributed by atoms with Crippen molar-refractivity contribution in [2.24, 2.45) is 5.92 Å². The normalized spacial score (nSPS) is 15.7. The molecule has 0 amide bonds. The van der Waals surface area contributed by atoms with Crippen LogP contribution in [-0.2, 0) is 13.1 Å². The highest BCUT2D eigenvalue weighted by Crippen LogP contribution is 2.39. The monoisotopic (exact) mass is 464 g/mol. The molecule has 7 heteroatoms. The quantitative estimate of drug-likeness (QED) is 0.323. The maximum absolute atomic E-state index is 14.7. The Labute approximate surface area is 202 Å². The van der Waals surface area contributed by atoms with E-state index >= 15 is 0 Å². The summed E-state index contributed by atoms with van der Waals surface area (Å²) < 4.78 is 19.0. The second kappa shape index (κ2) is 8.64. The van der Waals surface area contributed by atoms with Gasteiger partial charge in [0.25, 0.3) is 0 Å². The van der Waals surface area contributed by atoms with Crippen molar-refractivity contribution >= 4 is 27.5 Å². The summed E-state index contributed by atoms with van der Waals surface area (Å²) in [5.41, 5.74) is 5.46. The molecule has 1 atom stereocenters. The highest BCUT2D eigenvalue weighted by atomic mass is 19.1. The lowest BCUT2D eigenvalue weighted by atomic mass is 9.95. The SMILES string of the molecule is [C-]#[N+]c1ccc(-c2c(-c3ccc4c(cnn4CC)c3)ncc3c2ccn3C[C@H]2CCNC2)cc1F. The van der Waals surface area contributed by atoms with Gasteiger partial charge in [-0.3, -0.25) is 9.67 Å². The van der Waals surface area contributed by atoms with E-state index in [9.17, 15) is 4.39 Å². The van der Waals surface area contributed by atoms with E-state index in [1.165, 1.54) is 6.07 Å². The Morgan fingerprint density at radius 1 is 1.11 bits per heavy atom. The molecule has 0 aliphatic carbocycles. The van der Waals surface area contributed by atoms with Gasteiger partial charge in [-0.05, 0) is 62.2 Å². The minimum atomic E-state index is -0.517. The summed E-state index contributed by atoms with van der Waals surface area (Å²) in [7, 11) is 0. The van der Waals surface area contributed by atoms with E-state index in [1.54, 1.807) is 6.07 Å². The van der Waals surface area contributed by atoms with Crippen LogP contribution in [0.15, 0.2) is 61.1 Å². The number of pyridine rings is 1. The van der Waals surface area contributed by atoms with Crippen molar-refractivity contribution in [2.75, 3.05) is 13.1 Å². The van der Waals surface area contributed by atoms with E-state index in [0.717, 1.165) is 71.2 Å². The molecule has 1 N–H and O–H groups in total. The van der Waals surface area contributed by atoms with Crippen molar-refractivity contribution in [1.82, 2.24) is 24.6 Å². The van der Waals surface area contributed by atoms with Crippen LogP contribution in [0, 0.1) is 18.3 Å². The molecule has 1 fully saturated rings. The first-order valence-corrected chi connectivity index (χ1v) is 12.0. The lowest BCUT2D eigenvalue weighted by Gasteiger charge is -2.15. The van der Waals surface area contributed by atoms with Crippen LogP contribution in [0.3, 0.4) is 0 Å². The molecule has 3 aromatic heterocycles.